The molecule has 0 aromatic carbocycles. The molecule has 3 saturated heterocycles. The van der Waals surface area contributed by atoms with Crippen LogP contribution in [-0.2, 0) is 4.79 Å². The van der Waals surface area contributed by atoms with Gasteiger partial charge in [0.1, 0.15) is 0 Å². The molecule has 3 aliphatic heterocycles. The third-order valence-electron chi connectivity index (χ3n) is 4.70. The quantitative estimate of drug-likeness (QED) is 0.704. The van der Waals surface area contributed by atoms with Crippen LogP contribution in [0.1, 0.15) is 25.7 Å². The highest BCUT2D eigenvalue weighted by atomic mass is 16.2. The van der Waals surface area contributed by atoms with Crippen LogP contribution in [0, 0.1) is 11.3 Å². The highest BCUT2D eigenvalue weighted by Crippen LogP contribution is 2.45. The maximum Gasteiger partial charge on any atom is 0.227 e. The Labute approximate surface area is 96.5 Å². The lowest BCUT2D eigenvalue weighted by Crippen LogP contribution is -2.58. The van der Waals surface area contributed by atoms with E-state index in [1.54, 1.807) is 0 Å². The van der Waals surface area contributed by atoms with Crippen LogP contribution >= 0.6 is 0 Å². The number of carbonyl (C=O) groups excluding carboxylic acids is 1. The van der Waals surface area contributed by atoms with Crippen molar-refractivity contribution in [1.29, 1.82) is 0 Å². The molecular weight excluding hydrogens is 202 g/mol. The molecule has 3 heterocycles. The van der Waals surface area contributed by atoms with E-state index in [2.05, 4.69) is 10.2 Å². The van der Waals surface area contributed by atoms with E-state index in [9.17, 15) is 4.79 Å². The molecule has 90 valence electrons. The number of hydrogen-bond acceptors (Lipinski definition) is 3. The Morgan fingerprint density at radius 2 is 2.06 bits per heavy atom. The van der Waals surface area contributed by atoms with Gasteiger partial charge in [0.2, 0.25) is 5.91 Å². The normalized spacial score (nSPS) is 39.4. The predicted molar refractivity (Wildman–Crippen MR) is 61.8 cm³/mol. The van der Waals surface area contributed by atoms with E-state index in [1.165, 1.54) is 25.9 Å². The van der Waals surface area contributed by atoms with Crippen LogP contribution in [0.2, 0.25) is 0 Å². The van der Waals surface area contributed by atoms with Crippen molar-refractivity contribution in [3.05, 3.63) is 0 Å². The maximum atomic E-state index is 12.1. The van der Waals surface area contributed by atoms with Crippen LogP contribution in [0.5, 0.6) is 0 Å². The van der Waals surface area contributed by atoms with Gasteiger partial charge in [0.05, 0.1) is 5.41 Å². The summed E-state index contributed by atoms with van der Waals surface area (Å²) in [4.78, 5) is 14.6. The highest BCUT2D eigenvalue weighted by Gasteiger charge is 2.49. The summed E-state index contributed by atoms with van der Waals surface area (Å²) in [6.07, 6.45) is 4.47. The topological polar surface area (TPSA) is 58.4 Å². The Balaban J connectivity index is 1.61. The Kier molecular flexibility index (Phi) is 2.44. The number of piperidine rings is 3. The molecule has 3 N–H and O–H groups in total. The van der Waals surface area contributed by atoms with Gasteiger partial charge in [-0.25, -0.2) is 0 Å². The van der Waals surface area contributed by atoms with Crippen molar-refractivity contribution < 1.29 is 4.79 Å². The average molecular weight is 223 g/mol. The van der Waals surface area contributed by atoms with E-state index in [1.807, 2.05) is 0 Å². The molecule has 4 nitrogen and oxygen atoms in total. The second kappa shape index (κ2) is 3.70. The lowest BCUT2D eigenvalue weighted by molar-refractivity contribution is -0.128. The van der Waals surface area contributed by atoms with Crippen molar-refractivity contribution in [2.24, 2.45) is 17.1 Å². The van der Waals surface area contributed by atoms with Crippen LogP contribution < -0.4 is 11.1 Å². The first kappa shape index (κ1) is 10.5. The van der Waals surface area contributed by atoms with Crippen molar-refractivity contribution in [3.8, 4) is 0 Å². The van der Waals surface area contributed by atoms with Gasteiger partial charge in [-0.1, -0.05) is 0 Å². The minimum atomic E-state index is -0.188. The summed E-state index contributed by atoms with van der Waals surface area (Å²) in [7, 11) is 0. The number of hydrogen-bond donors (Lipinski definition) is 2. The van der Waals surface area contributed by atoms with Gasteiger partial charge in [0.25, 0.3) is 0 Å². The van der Waals surface area contributed by atoms with Crippen molar-refractivity contribution in [2.75, 3.05) is 26.2 Å². The first-order valence-electron chi connectivity index (χ1n) is 6.47. The van der Waals surface area contributed by atoms with Gasteiger partial charge >= 0.3 is 0 Å². The Morgan fingerprint density at radius 1 is 1.38 bits per heavy atom. The first-order chi connectivity index (χ1) is 7.73. The molecule has 1 atom stereocenters. The van der Waals surface area contributed by atoms with E-state index < -0.39 is 0 Å². The number of fused-ring (bicyclic) bond motifs is 3. The van der Waals surface area contributed by atoms with Crippen LogP contribution in [0.3, 0.4) is 0 Å². The third-order valence-corrected chi connectivity index (χ3v) is 4.70. The van der Waals surface area contributed by atoms with E-state index in [0.29, 0.717) is 18.5 Å². The standard InChI is InChI=1S/C12H21N3O/c13-8-12(3-4-12)11(16)14-10-7-15-5-1-9(10)2-6-15/h9-10H,1-8,13H2,(H,14,16). The van der Waals surface area contributed by atoms with Gasteiger partial charge in [0, 0.05) is 19.1 Å². The molecule has 0 aromatic heterocycles. The van der Waals surface area contributed by atoms with Crippen LogP contribution in [0.4, 0.5) is 0 Å². The summed E-state index contributed by atoms with van der Waals surface area (Å²) in [5.74, 6) is 0.927. The monoisotopic (exact) mass is 223 g/mol. The number of nitrogens with zero attached hydrogens (tertiary/aromatic N) is 1. The molecule has 4 rings (SSSR count). The molecule has 4 fully saturated rings. The SMILES string of the molecule is NCC1(C(=O)NC2CN3CCC2CC3)CC1. The third kappa shape index (κ3) is 1.64. The number of nitrogens with one attached hydrogen (secondary N) is 1. The Bertz CT molecular complexity index is 293. The summed E-state index contributed by atoms with van der Waals surface area (Å²) in [5, 5.41) is 3.24. The van der Waals surface area contributed by atoms with Gasteiger partial charge in [-0.05, 0) is 44.7 Å². The fourth-order valence-corrected chi connectivity index (χ4v) is 3.12. The molecule has 0 spiro atoms. The first-order valence-corrected chi connectivity index (χ1v) is 6.47. The molecule has 0 aromatic rings. The van der Waals surface area contributed by atoms with E-state index in [-0.39, 0.29) is 11.3 Å². The van der Waals surface area contributed by atoms with Crippen molar-refractivity contribution in [1.82, 2.24) is 10.2 Å². The Hall–Kier alpha value is -0.610. The molecule has 0 radical (unpaired) electrons. The van der Waals surface area contributed by atoms with Gasteiger partial charge in [-0.2, -0.15) is 0 Å². The van der Waals surface area contributed by atoms with Gasteiger partial charge in [-0.15, -0.1) is 0 Å². The van der Waals surface area contributed by atoms with Crippen molar-refractivity contribution in [3.63, 3.8) is 0 Å². The average Bonchev–Trinajstić information content (AvgIpc) is 3.11. The van der Waals surface area contributed by atoms with E-state index >= 15 is 0 Å². The zero-order valence-corrected chi connectivity index (χ0v) is 9.74. The fourth-order valence-electron chi connectivity index (χ4n) is 3.12. The van der Waals surface area contributed by atoms with Gasteiger partial charge in [0.15, 0.2) is 0 Å². The molecule has 16 heavy (non-hydrogen) atoms. The van der Waals surface area contributed by atoms with Crippen molar-refractivity contribution >= 4 is 5.91 Å². The summed E-state index contributed by atoms with van der Waals surface area (Å²) in [6, 6.07) is 0.388. The van der Waals surface area contributed by atoms with Gasteiger partial charge < -0.3 is 16.0 Å². The number of nitrogens with two attached hydrogens (primary N) is 1. The minimum Gasteiger partial charge on any atom is -0.351 e. The summed E-state index contributed by atoms with van der Waals surface area (Å²) in [6.45, 7) is 4.01. The number of amides is 1. The lowest BCUT2D eigenvalue weighted by Gasteiger charge is -2.45. The minimum absolute atomic E-state index is 0.188. The molecule has 2 bridgehead atoms. The molecule has 1 saturated carbocycles. The maximum absolute atomic E-state index is 12.1. The summed E-state index contributed by atoms with van der Waals surface area (Å²) < 4.78 is 0. The summed E-state index contributed by atoms with van der Waals surface area (Å²) >= 11 is 0. The fraction of sp³-hybridized carbons (Fsp3) is 0.917. The van der Waals surface area contributed by atoms with E-state index in [0.717, 1.165) is 19.4 Å². The molecule has 1 amide bonds. The predicted octanol–water partition coefficient (Wildman–Crippen LogP) is -0.0643. The van der Waals surface area contributed by atoms with Crippen molar-refractivity contribution in [2.45, 2.75) is 31.7 Å². The highest BCUT2D eigenvalue weighted by molar-refractivity contribution is 5.85. The number of rotatable bonds is 3. The lowest BCUT2D eigenvalue weighted by atomic mass is 9.83. The number of carbonyl (C=O) groups is 1. The zero-order valence-electron chi connectivity index (χ0n) is 9.74. The van der Waals surface area contributed by atoms with Crippen LogP contribution in [0.25, 0.3) is 0 Å². The zero-order chi connectivity index (χ0) is 11.2. The molecular formula is C12H21N3O. The molecule has 1 unspecified atom stereocenters. The second-order valence-corrected chi connectivity index (χ2v) is 5.70. The molecule has 4 aliphatic rings. The Morgan fingerprint density at radius 3 is 2.50 bits per heavy atom. The van der Waals surface area contributed by atoms with Crippen LogP contribution in [0.15, 0.2) is 0 Å². The van der Waals surface area contributed by atoms with Gasteiger partial charge in [-0.3, -0.25) is 4.79 Å². The van der Waals surface area contributed by atoms with Crippen LogP contribution in [-0.4, -0.2) is 43.0 Å². The smallest absolute Gasteiger partial charge is 0.227 e. The second-order valence-electron chi connectivity index (χ2n) is 5.70. The van der Waals surface area contributed by atoms with E-state index in [4.69, 9.17) is 5.73 Å². The largest absolute Gasteiger partial charge is 0.351 e. The summed E-state index contributed by atoms with van der Waals surface area (Å²) in [5.41, 5.74) is 5.49. The molecule has 4 heteroatoms. The molecule has 1 aliphatic carbocycles.